The third-order valence-electron chi connectivity index (χ3n) is 3.11. The average molecular weight is 352 g/mol. The van der Waals surface area contributed by atoms with Gasteiger partial charge in [0, 0.05) is 16.1 Å². The molecule has 0 amide bonds. The Morgan fingerprint density at radius 3 is 2.52 bits per heavy atom. The van der Waals surface area contributed by atoms with Crippen molar-refractivity contribution in [2.24, 2.45) is 0 Å². The minimum atomic E-state index is -0.404. The molecule has 0 heterocycles. The molecule has 0 saturated carbocycles. The highest BCUT2D eigenvalue weighted by Crippen LogP contribution is 2.32. The molecule has 2 aromatic carbocycles. The lowest BCUT2D eigenvalue weighted by Crippen LogP contribution is -1.95. The molecule has 110 valence electrons. The number of nitro benzene ring substituents is 1. The number of hydrogen-bond donors (Lipinski definition) is 1. The molecule has 0 saturated heterocycles. The second-order valence-corrected chi connectivity index (χ2v) is 5.53. The first-order chi connectivity index (χ1) is 9.92. The molecule has 0 unspecified atom stereocenters. The van der Waals surface area contributed by atoms with Crippen LogP contribution in [0, 0.1) is 24.0 Å². The molecule has 0 spiro atoms. The molecule has 1 N–H and O–H groups in total. The fourth-order valence-corrected chi connectivity index (χ4v) is 2.41. The lowest BCUT2D eigenvalue weighted by molar-refractivity contribution is -0.385. The molecule has 0 bridgehead atoms. The zero-order valence-electron chi connectivity index (χ0n) is 11.6. The van der Waals surface area contributed by atoms with Gasteiger partial charge in [0.15, 0.2) is 0 Å². The van der Waals surface area contributed by atoms with E-state index in [1.165, 1.54) is 6.07 Å². The minimum Gasteiger partial charge on any atom is -0.457 e. The molecule has 2 rings (SSSR count). The van der Waals surface area contributed by atoms with Gasteiger partial charge in [-0.05, 0) is 43.2 Å². The smallest absolute Gasteiger partial charge is 0.272 e. The summed E-state index contributed by atoms with van der Waals surface area (Å²) in [5.74, 6) is 1.16. The Bertz CT molecular complexity index is 700. The van der Waals surface area contributed by atoms with E-state index in [9.17, 15) is 10.1 Å². The van der Waals surface area contributed by atoms with Crippen LogP contribution in [0.5, 0.6) is 11.5 Å². The van der Waals surface area contributed by atoms with Gasteiger partial charge < -0.3 is 9.84 Å². The molecule has 0 aliphatic heterocycles. The summed E-state index contributed by atoms with van der Waals surface area (Å²) in [6.45, 7) is 3.38. The van der Waals surface area contributed by atoms with Crippen LogP contribution in [0.15, 0.2) is 34.8 Å². The second-order valence-electron chi connectivity index (χ2n) is 4.67. The minimum absolute atomic E-state index is 0.0590. The van der Waals surface area contributed by atoms with Gasteiger partial charge in [-0.25, -0.2) is 0 Å². The highest BCUT2D eigenvalue weighted by Gasteiger charge is 2.14. The molecule has 21 heavy (non-hydrogen) atoms. The van der Waals surface area contributed by atoms with E-state index in [4.69, 9.17) is 9.84 Å². The summed E-state index contributed by atoms with van der Waals surface area (Å²) in [4.78, 5) is 10.5. The maximum absolute atomic E-state index is 10.9. The van der Waals surface area contributed by atoms with E-state index in [2.05, 4.69) is 15.9 Å². The van der Waals surface area contributed by atoms with E-state index in [1.54, 1.807) is 38.1 Å². The van der Waals surface area contributed by atoms with Crippen LogP contribution in [-0.4, -0.2) is 10.0 Å². The van der Waals surface area contributed by atoms with E-state index in [1.807, 2.05) is 0 Å². The number of aliphatic hydroxyl groups excluding tert-OH is 1. The van der Waals surface area contributed by atoms with Crippen LogP contribution >= 0.6 is 15.9 Å². The molecule has 0 fully saturated rings. The molecule has 6 heteroatoms. The molecule has 0 radical (unpaired) electrons. The number of rotatable bonds is 4. The third kappa shape index (κ3) is 3.40. The van der Waals surface area contributed by atoms with Crippen molar-refractivity contribution in [2.45, 2.75) is 20.5 Å². The van der Waals surface area contributed by atoms with E-state index >= 15 is 0 Å². The van der Waals surface area contributed by atoms with Gasteiger partial charge in [-0.1, -0.05) is 22.0 Å². The predicted octanol–water partition coefficient (Wildman–Crippen LogP) is 4.26. The Morgan fingerprint density at radius 1 is 1.24 bits per heavy atom. The fraction of sp³-hybridized carbons (Fsp3) is 0.200. The number of benzene rings is 2. The van der Waals surface area contributed by atoms with Crippen molar-refractivity contribution in [2.75, 3.05) is 0 Å². The first-order valence-corrected chi connectivity index (χ1v) is 7.04. The molecule has 0 aliphatic carbocycles. The Morgan fingerprint density at radius 2 is 1.95 bits per heavy atom. The summed E-state index contributed by atoms with van der Waals surface area (Å²) in [5.41, 5.74) is 2.08. The van der Waals surface area contributed by atoms with Crippen LogP contribution in [0.25, 0.3) is 0 Å². The molecular formula is C15H14BrNO4. The summed E-state index contributed by atoms with van der Waals surface area (Å²) >= 11 is 3.36. The predicted molar refractivity (Wildman–Crippen MR) is 82.7 cm³/mol. The monoisotopic (exact) mass is 351 g/mol. The van der Waals surface area contributed by atoms with Gasteiger partial charge in [0.1, 0.15) is 11.5 Å². The molecule has 0 aliphatic rings. The largest absolute Gasteiger partial charge is 0.457 e. The van der Waals surface area contributed by atoms with Crippen molar-refractivity contribution in [3.63, 3.8) is 0 Å². The van der Waals surface area contributed by atoms with Crippen molar-refractivity contribution < 1.29 is 14.8 Å². The number of halogens is 1. The molecular weight excluding hydrogens is 338 g/mol. The van der Waals surface area contributed by atoms with E-state index < -0.39 is 4.92 Å². The number of aryl methyl sites for hydroxylation is 2. The Balaban J connectivity index is 2.34. The van der Waals surface area contributed by atoms with Crippen LogP contribution < -0.4 is 4.74 Å². The van der Waals surface area contributed by atoms with Crippen LogP contribution in [0.3, 0.4) is 0 Å². The van der Waals surface area contributed by atoms with Crippen molar-refractivity contribution in [3.8, 4) is 11.5 Å². The van der Waals surface area contributed by atoms with Crippen molar-refractivity contribution in [1.82, 2.24) is 0 Å². The second kappa shape index (κ2) is 6.24. The van der Waals surface area contributed by atoms with Crippen LogP contribution in [0.1, 0.15) is 16.7 Å². The third-order valence-corrected chi connectivity index (χ3v) is 3.85. The van der Waals surface area contributed by atoms with Gasteiger partial charge in [0.05, 0.1) is 11.5 Å². The number of ether oxygens (including phenoxy) is 1. The van der Waals surface area contributed by atoms with Crippen molar-refractivity contribution in [3.05, 3.63) is 61.6 Å². The summed E-state index contributed by atoms with van der Waals surface area (Å²) in [5, 5.41) is 20.0. The zero-order valence-corrected chi connectivity index (χ0v) is 13.2. The topological polar surface area (TPSA) is 72.6 Å². The zero-order chi connectivity index (χ0) is 15.6. The van der Waals surface area contributed by atoms with Gasteiger partial charge >= 0.3 is 0 Å². The summed E-state index contributed by atoms with van der Waals surface area (Å²) in [6.07, 6.45) is 0. The highest BCUT2D eigenvalue weighted by atomic mass is 79.9. The Labute approximate surface area is 130 Å². The lowest BCUT2D eigenvalue weighted by atomic mass is 10.1. The highest BCUT2D eigenvalue weighted by molar-refractivity contribution is 9.10. The SMILES string of the molecule is Cc1cc([N+](=O)[O-])c(C)cc1Oc1ccc(CO)c(Br)c1. The van der Waals surface area contributed by atoms with E-state index in [0.29, 0.717) is 22.6 Å². The van der Waals surface area contributed by atoms with E-state index in [0.717, 1.165) is 10.0 Å². The van der Waals surface area contributed by atoms with Gasteiger partial charge in [-0.3, -0.25) is 10.1 Å². The fourth-order valence-electron chi connectivity index (χ4n) is 1.93. The van der Waals surface area contributed by atoms with Gasteiger partial charge in [-0.2, -0.15) is 0 Å². The molecule has 0 atom stereocenters. The Kier molecular flexibility index (Phi) is 4.59. The maximum atomic E-state index is 10.9. The molecule has 2 aromatic rings. The van der Waals surface area contributed by atoms with Crippen LogP contribution in [-0.2, 0) is 6.61 Å². The quantitative estimate of drug-likeness (QED) is 0.659. The average Bonchev–Trinajstić information content (AvgIpc) is 2.42. The van der Waals surface area contributed by atoms with Gasteiger partial charge in [0.25, 0.3) is 5.69 Å². The first-order valence-electron chi connectivity index (χ1n) is 6.25. The standard InChI is InChI=1S/C15H14BrNO4/c1-9-6-15(10(2)5-14(9)17(19)20)21-12-4-3-11(8-18)13(16)7-12/h3-7,18H,8H2,1-2H3. The van der Waals surface area contributed by atoms with Crippen molar-refractivity contribution >= 4 is 21.6 Å². The number of nitrogens with zero attached hydrogens (tertiary/aromatic N) is 1. The maximum Gasteiger partial charge on any atom is 0.272 e. The van der Waals surface area contributed by atoms with E-state index in [-0.39, 0.29) is 12.3 Å². The summed E-state index contributed by atoms with van der Waals surface area (Å²) in [6, 6.07) is 8.41. The molecule has 5 nitrogen and oxygen atoms in total. The normalized spacial score (nSPS) is 10.5. The summed E-state index contributed by atoms with van der Waals surface area (Å²) in [7, 11) is 0. The number of nitro groups is 1. The number of hydrogen-bond acceptors (Lipinski definition) is 4. The van der Waals surface area contributed by atoms with Crippen LogP contribution in [0.2, 0.25) is 0 Å². The van der Waals surface area contributed by atoms with Crippen molar-refractivity contribution in [1.29, 1.82) is 0 Å². The molecule has 0 aromatic heterocycles. The summed E-state index contributed by atoms with van der Waals surface area (Å²) < 4.78 is 6.52. The van der Waals surface area contributed by atoms with Crippen LogP contribution in [0.4, 0.5) is 5.69 Å². The Hall–Kier alpha value is -1.92. The van der Waals surface area contributed by atoms with Gasteiger partial charge in [-0.15, -0.1) is 0 Å². The number of aliphatic hydroxyl groups is 1. The lowest BCUT2D eigenvalue weighted by Gasteiger charge is -2.11. The first kappa shape index (κ1) is 15.5. The van der Waals surface area contributed by atoms with Gasteiger partial charge in [0.2, 0.25) is 0 Å².